The minimum absolute atomic E-state index is 0. The van der Waals surface area contributed by atoms with Crippen LogP contribution in [0, 0.1) is 12.1 Å². The fraction of sp³-hybridized carbons (Fsp3) is 0.383. The van der Waals surface area contributed by atoms with Crippen LogP contribution in [0.2, 0.25) is 0 Å². The van der Waals surface area contributed by atoms with Crippen LogP contribution in [0.15, 0.2) is 97.1 Å². The molecular weight excluding hydrogens is 727 g/mol. The zero-order chi connectivity index (χ0) is 35.5. The maximum atomic E-state index is 3.53. The van der Waals surface area contributed by atoms with E-state index in [1.807, 2.05) is 12.2 Å². The average molecular weight is 785 g/mol. The molecule has 50 heavy (non-hydrogen) atoms. The van der Waals surface area contributed by atoms with Crippen molar-refractivity contribution >= 4 is 28.0 Å². The maximum Gasteiger partial charge on any atom is -0.109 e. The Labute approximate surface area is 332 Å². The summed E-state index contributed by atoms with van der Waals surface area (Å²) in [7, 11) is 0. The van der Waals surface area contributed by atoms with Gasteiger partial charge < -0.3 is 0 Å². The van der Waals surface area contributed by atoms with Gasteiger partial charge in [0.25, 0.3) is 0 Å². The van der Waals surface area contributed by atoms with Crippen molar-refractivity contribution in [2.75, 3.05) is 0 Å². The first-order valence-electron chi connectivity index (χ1n) is 17.5. The Balaban J connectivity index is 0.000000293. The molecule has 0 heterocycles. The number of halogens is 2. The molecule has 3 heteroatoms. The molecule has 0 nitrogen and oxygen atoms in total. The predicted octanol–water partition coefficient (Wildman–Crippen LogP) is 13.2. The Hall–Kier alpha value is -2.31. The first-order chi connectivity index (χ1) is 22.2. The van der Waals surface area contributed by atoms with Crippen molar-refractivity contribution in [1.29, 1.82) is 0 Å². The number of rotatable bonds is 2. The molecular formula is C47H58Cl2Zr. The van der Waals surface area contributed by atoms with Gasteiger partial charge >= 0.3 is 151 Å². The van der Waals surface area contributed by atoms with Gasteiger partial charge in [0.15, 0.2) is 0 Å². The number of allylic oxidation sites excluding steroid dienone is 4. The van der Waals surface area contributed by atoms with E-state index < -0.39 is 0 Å². The van der Waals surface area contributed by atoms with Crippen LogP contribution in [0.1, 0.15) is 134 Å². The maximum absolute atomic E-state index is 3.53. The molecule has 0 radical (unpaired) electrons. The zero-order valence-electron chi connectivity index (χ0n) is 32.5. The molecule has 0 unspecified atom stereocenters. The molecule has 2 aliphatic rings. The van der Waals surface area contributed by atoms with Crippen LogP contribution in [0.5, 0.6) is 0 Å². The average Bonchev–Trinajstić information content (AvgIpc) is 3.71. The number of hydrogen-bond donors (Lipinski definition) is 0. The van der Waals surface area contributed by atoms with E-state index in [1.54, 1.807) is 0 Å². The number of fused-ring (bicyclic) bond motifs is 3. The van der Waals surface area contributed by atoms with E-state index in [1.165, 1.54) is 83.1 Å². The molecule has 0 amide bonds. The summed E-state index contributed by atoms with van der Waals surface area (Å²) in [5.41, 5.74) is 14.7. The van der Waals surface area contributed by atoms with E-state index in [0.717, 1.165) is 12.8 Å². The summed E-state index contributed by atoms with van der Waals surface area (Å²) in [6.45, 7) is 27.2. The molecule has 264 valence electrons. The van der Waals surface area contributed by atoms with Crippen LogP contribution in [0.4, 0.5) is 0 Å². The molecule has 0 aliphatic heterocycles. The van der Waals surface area contributed by atoms with E-state index >= 15 is 0 Å². The van der Waals surface area contributed by atoms with Crippen molar-refractivity contribution in [2.24, 2.45) is 0 Å². The van der Waals surface area contributed by atoms with Gasteiger partial charge in [0.05, 0.1) is 0 Å². The topological polar surface area (TPSA) is 0 Å². The summed E-state index contributed by atoms with van der Waals surface area (Å²) in [6, 6.07) is 33.2. The Bertz CT molecular complexity index is 1650. The minimum Gasteiger partial charge on any atom is -0.273 e. The molecule has 0 atom stereocenters. The fourth-order valence-electron chi connectivity index (χ4n) is 5.77. The van der Waals surface area contributed by atoms with Gasteiger partial charge in [0.2, 0.25) is 0 Å². The zero-order valence-corrected chi connectivity index (χ0v) is 36.6. The van der Waals surface area contributed by atoms with Crippen LogP contribution < -0.4 is 0 Å². The molecule has 0 spiro atoms. The molecule has 0 aromatic heterocycles. The normalized spacial score (nSPS) is 13.1. The van der Waals surface area contributed by atoms with Crippen LogP contribution >= 0.6 is 24.8 Å². The second kappa shape index (κ2) is 17.5. The van der Waals surface area contributed by atoms with Crippen molar-refractivity contribution in [3.63, 3.8) is 0 Å². The van der Waals surface area contributed by atoms with Gasteiger partial charge in [0, 0.05) is 0 Å². The fourth-order valence-corrected chi connectivity index (χ4v) is 6.58. The summed E-state index contributed by atoms with van der Waals surface area (Å²) in [6.07, 6.45) is 11.0. The van der Waals surface area contributed by atoms with Crippen LogP contribution in [-0.2, 0) is 52.3 Å². The standard InChI is InChI=1S/C21H25.C21H26.C5H5.2ClH.Zr/c1-20(2,3)16-9-7-14-11-15-8-10-17(21(4,5)6)13-19(15)18(14)12-16;1-20(2,3)18-11-7-16(8-12-18)15-17-9-13-19(14-10-17)21(4,5)6;1-2-4-5-3-1;;;/h7,9-10,12-13H,11H2,1-6H3;7-14H,1-6H3;1-3H,4H2;2*1H;/q-1;;-1;;;+2. The number of hydrogen-bond acceptors (Lipinski definition) is 0. The summed E-state index contributed by atoms with van der Waals surface area (Å²) in [4.78, 5) is 0. The molecule has 0 N–H and O–H groups in total. The molecule has 0 saturated carbocycles. The van der Waals surface area contributed by atoms with Crippen molar-refractivity contribution in [3.05, 3.63) is 154 Å². The molecule has 0 bridgehead atoms. The first-order valence-corrected chi connectivity index (χ1v) is 18.7. The van der Waals surface area contributed by atoms with E-state index in [2.05, 4.69) is 180 Å². The van der Waals surface area contributed by atoms with Crippen LogP contribution in [0.3, 0.4) is 0 Å². The van der Waals surface area contributed by atoms with Gasteiger partial charge in [-0.1, -0.05) is 76.3 Å². The van der Waals surface area contributed by atoms with E-state index in [0.29, 0.717) is 0 Å². The third-order valence-electron chi connectivity index (χ3n) is 9.19. The molecule has 0 saturated heterocycles. The quantitative estimate of drug-likeness (QED) is 0.156. The van der Waals surface area contributed by atoms with Crippen molar-refractivity contribution < 1.29 is 24.2 Å². The van der Waals surface area contributed by atoms with Gasteiger partial charge in [0.1, 0.15) is 0 Å². The van der Waals surface area contributed by atoms with Crippen molar-refractivity contribution in [2.45, 2.75) is 118 Å². The Morgan fingerprint density at radius 3 is 1.38 bits per heavy atom. The summed E-state index contributed by atoms with van der Waals surface area (Å²) in [5.74, 6) is 0. The Kier molecular flexibility index (Phi) is 15.3. The summed E-state index contributed by atoms with van der Waals surface area (Å²) in [5, 5.41) is 0. The van der Waals surface area contributed by atoms with Gasteiger partial charge in [-0.15, -0.1) is 36.8 Å². The molecule has 0 fully saturated rings. The van der Waals surface area contributed by atoms with Gasteiger partial charge in [-0.25, -0.2) is 12.2 Å². The third kappa shape index (κ3) is 11.6. The first kappa shape index (κ1) is 43.9. The minimum atomic E-state index is 0. The van der Waals surface area contributed by atoms with E-state index in [4.69, 9.17) is 0 Å². The van der Waals surface area contributed by atoms with E-state index in [-0.39, 0.29) is 46.5 Å². The molecule has 4 aromatic rings. The van der Waals surface area contributed by atoms with Crippen molar-refractivity contribution in [3.8, 4) is 11.1 Å². The second-order valence-electron chi connectivity index (χ2n) is 17.4. The summed E-state index contributed by atoms with van der Waals surface area (Å²) >= 11 is 1.46. The van der Waals surface area contributed by atoms with Crippen LogP contribution in [0.25, 0.3) is 11.1 Å². The monoisotopic (exact) mass is 782 g/mol. The Morgan fingerprint density at radius 1 is 0.560 bits per heavy atom. The molecule has 4 aromatic carbocycles. The molecule has 6 rings (SSSR count). The van der Waals surface area contributed by atoms with Gasteiger partial charge in [-0.05, 0) is 17.4 Å². The van der Waals surface area contributed by atoms with Gasteiger partial charge in [-0.2, -0.15) is 35.4 Å². The van der Waals surface area contributed by atoms with E-state index in [9.17, 15) is 0 Å². The predicted molar refractivity (Wildman–Crippen MR) is 220 cm³/mol. The van der Waals surface area contributed by atoms with Crippen LogP contribution in [-0.4, -0.2) is 3.21 Å². The summed E-state index contributed by atoms with van der Waals surface area (Å²) < 4.78 is 1.42. The van der Waals surface area contributed by atoms with Gasteiger partial charge in [-0.3, -0.25) is 6.08 Å². The Morgan fingerprint density at radius 2 is 1.00 bits per heavy atom. The largest absolute Gasteiger partial charge is 0.273 e. The molecule has 2 aliphatic carbocycles. The smallest absolute Gasteiger partial charge is 0.109 e. The number of benzene rings is 4. The SMILES string of the molecule is CC(C)(C)c1c[c-]c2c(c1)-c1cc(C(C)(C)C)ccc1C2.CC(C)(C)c1ccc([C](=[Zr+2])c2ccc(C(C)(C)C)cc2)cc1.Cl.Cl.[C-]1=CC=CC1. The van der Waals surface area contributed by atoms with Crippen molar-refractivity contribution in [1.82, 2.24) is 0 Å². The third-order valence-corrected chi connectivity index (χ3v) is 10.6. The second-order valence-corrected chi connectivity index (χ2v) is 18.6.